The number of morpholine rings is 1. The minimum atomic E-state index is -3.24. The zero-order chi connectivity index (χ0) is 20.4. The third-order valence-electron chi connectivity index (χ3n) is 5.54. The summed E-state index contributed by atoms with van der Waals surface area (Å²) < 4.78 is 32.5. The number of aliphatic imine (C=N–C) groups is 1. The molecule has 1 saturated carbocycles. The maximum atomic E-state index is 12.1. The molecule has 0 aromatic heterocycles. The molecule has 2 rings (SSSR count). The molecule has 0 amide bonds. The molecule has 0 aromatic rings. The maximum absolute atomic E-state index is 12.1. The van der Waals surface area contributed by atoms with Gasteiger partial charge >= 0.3 is 0 Å². The first-order chi connectivity index (χ1) is 13.4. The molecule has 0 bridgehead atoms. The number of guanidine groups is 1. The van der Waals surface area contributed by atoms with Crippen LogP contribution in [0.2, 0.25) is 0 Å². The largest absolute Gasteiger partial charge is 0.379 e. The predicted molar refractivity (Wildman–Crippen MR) is 130 cm³/mol. The van der Waals surface area contributed by atoms with Crippen molar-refractivity contribution in [2.75, 3.05) is 58.2 Å². The summed E-state index contributed by atoms with van der Waals surface area (Å²) in [6, 6.07) is 0.354. The van der Waals surface area contributed by atoms with Gasteiger partial charge in [-0.3, -0.25) is 9.89 Å². The lowest BCUT2D eigenvalue weighted by Gasteiger charge is -2.36. The van der Waals surface area contributed by atoms with E-state index in [-0.39, 0.29) is 29.7 Å². The van der Waals surface area contributed by atoms with Gasteiger partial charge in [-0.25, -0.2) is 13.1 Å². The highest BCUT2D eigenvalue weighted by molar-refractivity contribution is 14.0. The smallest absolute Gasteiger partial charge is 0.213 e. The molecule has 10 heteroatoms. The molecule has 172 valence electrons. The van der Waals surface area contributed by atoms with Crippen LogP contribution in [-0.4, -0.2) is 83.6 Å². The molecule has 0 spiro atoms. The molecular weight excluding hydrogens is 505 g/mol. The molecule has 1 heterocycles. The Morgan fingerprint density at radius 2 is 1.90 bits per heavy atom. The summed E-state index contributed by atoms with van der Waals surface area (Å²) in [6.07, 6.45) is 3.49. The first-order valence-corrected chi connectivity index (χ1v) is 12.4. The Kier molecular flexibility index (Phi) is 13.0. The van der Waals surface area contributed by atoms with E-state index in [9.17, 15) is 8.42 Å². The number of hydrogen-bond donors (Lipinski definition) is 3. The Hall–Kier alpha value is -0.170. The fraction of sp³-hybridized carbons (Fsp3) is 0.947. The molecule has 1 saturated heterocycles. The zero-order valence-corrected chi connectivity index (χ0v) is 21.3. The summed E-state index contributed by atoms with van der Waals surface area (Å²) in [5, 5.41) is 6.38. The lowest BCUT2D eigenvalue weighted by molar-refractivity contribution is 0.00867. The summed E-state index contributed by atoms with van der Waals surface area (Å²) in [5.74, 6) is 1.74. The second-order valence-corrected chi connectivity index (χ2v) is 10.00. The van der Waals surface area contributed by atoms with E-state index in [0.29, 0.717) is 43.5 Å². The number of halogens is 1. The molecule has 1 atom stereocenters. The van der Waals surface area contributed by atoms with Gasteiger partial charge in [-0.1, -0.05) is 20.3 Å². The Bertz CT molecular complexity index is 578. The van der Waals surface area contributed by atoms with Crippen molar-refractivity contribution in [3.63, 3.8) is 0 Å². The van der Waals surface area contributed by atoms with Crippen molar-refractivity contribution in [3.8, 4) is 0 Å². The van der Waals surface area contributed by atoms with Crippen molar-refractivity contribution in [2.45, 2.75) is 46.1 Å². The van der Waals surface area contributed by atoms with Gasteiger partial charge in [-0.2, -0.15) is 0 Å². The average Bonchev–Trinajstić information content (AvgIpc) is 2.61. The van der Waals surface area contributed by atoms with Crippen molar-refractivity contribution >= 4 is 40.0 Å². The molecule has 8 nitrogen and oxygen atoms in total. The molecule has 0 aromatic carbocycles. The van der Waals surface area contributed by atoms with Crippen LogP contribution in [0.15, 0.2) is 4.99 Å². The van der Waals surface area contributed by atoms with E-state index in [2.05, 4.69) is 34.1 Å². The topological polar surface area (TPSA) is 95.1 Å². The lowest BCUT2D eigenvalue weighted by Crippen LogP contribution is -2.48. The second-order valence-electron chi connectivity index (χ2n) is 8.07. The van der Waals surface area contributed by atoms with Crippen LogP contribution in [-0.2, 0) is 14.8 Å². The lowest BCUT2D eigenvalue weighted by atomic mass is 9.86. The van der Waals surface area contributed by atoms with Crippen LogP contribution in [0.25, 0.3) is 0 Å². The predicted octanol–water partition coefficient (Wildman–Crippen LogP) is 1.24. The standard InChI is InChI=1S/C19H39N5O3S.HI/c1-4-20-19(21-8-13-28(25,26)23-14-17-6-5-7-17)22-15-18(16(2)3)24-9-11-27-12-10-24;/h16-18,23H,4-15H2,1-3H3,(H2,20,21,22);1H. The molecule has 1 aliphatic carbocycles. The second kappa shape index (κ2) is 14.0. The summed E-state index contributed by atoms with van der Waals surface area (Å²) in [4.78, 5) is 7.16. The maximum Gasteiger partial charge on any atom is 0.213 e. The highest BCUT2D eigenvalue weighted by atomic mass is 127. The fourth-order valence-electron chi connectivity index (χ4n) is 3.50. The zero-order valence-electron chi connectivity index (χ0n) is 18.2. The summed E-state index contributed by atoms with van der Waals surface area (Å²) in [5.41, 5.74) is 0. The number of sulfonamides is 1. The Morgan fingerprint density at radius 3 is 2.45 bits per heavy atom. The van der Waals surface area contributed by atoms with Crippen LogP contribution in [0.4, 0.5) is 0 Å². The molecule has 1 unspecified atom stereocenters. The molecule has 3 N–H and O–H groups in total. The molecule has 2 fully saturated rings. The third-order valence-corrected chi connectivity index (χ3v) is 6.89. The van der Waals surface area contributed by atoms with Gasteiger partial charge in [0.1, 0.15) is 0 Å². The van der Waals surface area contributed by atoms with Crippen LogP contribution in [0.3, 0.4) is 0 Å². The van der Waals surface area contributed by atoms with E-state index >= 15 is 0 Å². The van der Waals surface area contributed by atoms with E-state index in [1.54, 1.807) is 0 Å². The fourth-order valence-corrected chi connectivity index (χ4v) is 4.51. The molecule has 2 aliphatic rings. The average molecular weight is 546 g/mol. The van der Waals surface area contributed by atoms with Crippen molar-refractivity contribution in [2.24, 2.45) is 16.8 Å². The van der Waals surface area contributed by atoms with Crippen LogP contribution in [0.5, 0.6) is 0 Å². The first-order valence-electron chi connectivity index (χ1n) is 10.7. The number of nitrogens with zero attached hydrogens (tertiary/aromatic N) is 2. The highest BCUT2D eigenvalue weighted by Crippen LogP contribution is 2.25. The SMILES string of the molecule is CCNC(=NCC(C(C)C)N1CCOCC1)NCCS(=O)(=O)NCC1CCC1.I. The molecule has 1 aliphatic heterocycles. The molecule has 0 radical (unpaired) electrons. The number of nitrogens with one attached hydrogen (secondary N) is 3. The normalized spacial score (nSPS) is 20.1. The Labute approximate surface area is 194 Å². The first kappa shape index (κ1) is 26.9. The van der Waals surface area contributed by atoms with Gasteiger partial charge in [0.05, 0.1) is 25.5 Å². The van der Waals surface area contributed by atoms with Crippen molar-refractivity contribution in [1.29, 1.82) is 0 Å². The van der Waals surface area contributed by atoms with Gasteiger partial charge in [0.25, 0.3) is 0 Å². The van der Waals surface area contributed by atoms with Crippen molar-refractivity contribution in [3.05, 3.63) is 0 Å². The Balaban J connectivity index is 0.00000420. The van der Waals surface area contributed by atoms with Crippen LogP contribution < -0.4 is 15.4 Å². The summed E-state index contributed by atoms with van der Waals surface area (Å²) in [6.45, 7) is 12.2. The highest BCUT2D eigenvalue weighted by Gasteiger charge is 2.24. The van der Waals surface area contributed by atoms with E-state index in [4.69, 9.17) is 9.73 Å². The van der Waals surface area contributed by atoms with Gasteiger partial charge in [-0.05, 0) is 31.6 Å². The number of hydrogen-bond acceptors (Lipinski definition) is 5. The van der Waals surface area contributed by atoms with Crippen LogP contribution in [0.1, 0.15) is 40.0 Å². The van der Waals surface area contributed by atoms with Crippen molar-refractivity contribution in [1.82, 2.24) is 20.3 Å². The van der Waals surface area contributed by atoms with E-state index in [1.807, 2.05) is 6.92 Å². The number of ether oxygens (including phenoxy) is 1. The van der Waals surface area contributed by atoms with Gasteiger partial charge in [-0.15, -0.1) is 24.0 Å². The van der Waals surface area contributed by atoms with Gasteiger partial charge in [0.2, 0.25) is 10.0 Å². The quantitative estimate of drug-likeness (QED) is 0.206. The minimum Gasteiger partial charge on any atom is -0.379 e. The summed E-state index contributed by atoms with van der Waals surface area (Å²) >= 11 is 0. The molecule has 29 heavy (non-hydrogen) atoms. The Morgan fingerprint density at radius 1 is 1.21 bits per heavy atom. The minimum absolute atomic E-state index is 0. The van der Waals surface area contributed by atoms with E-state index in [1.165, 1.54) is 6.42 Å². The van der Waals surface area contributed by atoms with Crippen LogP contribution in [0, 0.1) is 11.8 Å². The third kappa shape index (κ3) is 10.1. The van der Waals surface area contributed by atoms with Crippen LogP contribution >= 0.6 is 24.0 Å². The van der Waals surface area contributed by atoms with Crippen molar-refractivity contribution < 1.29 is 13.2 Å². The van der Waals surface area contributed by atoms with Gasteiger partial charge < -0.3 is 15.4 Å². The van der Waals surface area contributed by atoms with E-state index in [0.717, 1.165) is 45.7 Å². The summed E-state index contributed by atoms with van der Waals surface area (Å²) in [7, 11) is -3.24. The monoisotopic (exact) mass is 545 g/mol. The molecular formula is C19H40IN5O3S. The van der Waals surface area contributed by atoms with Gasteiger partial charge in [0.15, 0.2) is 5.96 Å². The number of rotatable bonds is 11. The van der Waals surface area contributed by atoms with Gasteiger partial charge in [0, 0.05) is 38.8 Å². The van der Waals surface area contributed by atoms with E-state index < -0.39 is 10.0 Å².